The summed E-state index contributed by atoms with van der Waals surface area (Å²) < 4.78 is 0. The van der Waals surface area contributed by atoms with Crippen molar-refractivity contribution >= 4 is 11.6 Å². The molecule has 2 heteroatoms. The van der Waals surface area contributed by atoms with E-state index >= 15 is 0 Å². The van der Waals surface area contributed by atoms with Gasteiger partial charge in [-0.2, -0.15) is 0 Å². The first-order valence-electron chi connectivity index (χ1n) is 5.78. The lowest BCUT2D eigenvalue weighted by molar-refractivity contribution is -0.117. The second-order valence-corrected chi connectivity index (χ2v) is 4.32. The fraction of sp³-hybridized carbons (Fsp3) is 0.133. The van der Waals surface area contributed by atoms with Gasteiger partial charge in [0, 0.05) is 5.69 Å². The zero-order chi connectivity index (χ0) is 11.7. The molecular formula is C15H13NO. The number of anilines is 1. The van der Waals surface area contributed by atoms with E-state index in [2.05, 4.69) is 17.4 Å². The molecule has 0 saturated heterocycles. The molecule has 0 radical (unpaired) electrons. The van der Waals surface area contributed by atoms with Crippen LogP contribution in [-0.4, -0.2) is 5.91 Å². The molecule has 2 aromatic rings. The summed E-state index contributed by atoms with van der Waals surface area (Å²) in [6.07, 6.45) is 0.768. The first kappa shape index (κ1) is 10.1. The van der Waals surface area contributed by atoms with Gasteiger partial charge in [0.15, 0.2) is 0 Å². The second kappa shape index (κ2) is 4.06. The minimum Gasteiger partial charge on any atom is -0.325 e. The minimum absolute atomic E-state index is 0.0476. The first-order chi connectivity index (χ1) is 8.34. The largest absolute Gasteiger partial charge is 0.325 e. The molecule has 1 heterocycles. The molecule has 1 aliphatic rings. The van der Waals surface area contributed by atoms with Crippen molar-refractivity contribution in [1.29, 1.82) is 0 Å². The van der Waals surface area contributed by atoms with Crippen molar-refractivity contribution in [3.8, 4) is 0 Å². The van der Waals surface area contributed by atoms with Crippen LogP contribution >= 0.6 is 0 Å². The Morgan fingerprint density at radius 2 is 1.65 bits per heavy atom. The average molecular weight is 223 g/mol. The highest BCUT2D eigenvalue weighted by molar-refractivity contribution is 6.02. The van der Waals surface area contributed by atoms with Gasteiger partial charge >= 0.3 is 0 Å². The molecule has 0 saturated carbocycles. The molecule has 0 aromatic heterocycles. The zero-order valence-electron chi connectivity index (χ0n) is 9.39. The molecule has 1 N–H and O–H groups in total. The molecule has 84 valence electrons. The minimum atomic E-state index is -0.0476. The van der Waals surface area contributed by atoms with Gasteiger partial charge in [-0.25, -0.2) is 0 Å². The molecule has 2 aromatic carbocycles. The van der Waals surface area contributed by atoms with Crippen LogP contribution in [0, 0.1) is 0 Å². The summed E-state index contributed by atoms with van der Waals surface area (Å²) in [5.41, 5.74) is 3.27. The van der Waals surface area contributed by atoms with Crippen LogP contribution in [0.2, 0.25) is 0 Å². The van der Waals surface area contributed by atoms with Crippen LogP contribution in [-0.2, 0) is 11.2 Å². The first-order valence-corrected chi connectivity index (χ1v) is 5.78. The average Bonchev–Trinajstić information content (AvgIpc) is 2.68. The van der Waals surface area contributed by atoms with Gasteiger partial charge in [-0.15, -0.1) is 0 Å². The standard InChI is InChI=1S/C15H13NO/c17-15-13(10-11-6-2-1-3-7-11)12-8-4-5-9-14(12)16-15/h1-9,13H,10H2,(H,16,17)/t13-/m0/s1. The van der Waals surface area contributed by atoms with Crippen LogP contribution in [0.3, 0.4) is 0 Å². The summed E-state index contributed by atoms with van der Waals surface area (Å²) in [5, 5.41) is 2.93. The van der Waals surface area contributed by atoms with Crippen LogP contribution in [0.5, 0.6) is 0 Å². The number of nitrogens with one attached hydrogen (secondary N) is 1. The van der Waals surface area contributed by atoms with Gasteiger partial charge in [0.25, 0.3) is 0 Å². The molecule has 0 unspecified atom stereocenters. The molecule has 2 nitrogen and oxygen atoms in total. The highest BCUT2D eigenvalue weighted by atomic mass is 16.2. The lowest BCUT2D eigenvalue weighted by Gasteiger charge is -2.08. The predicted molar refractivity (Wildman–Crippen MR) is 68.0 cm³/mol. The van der Waals surface area contributed by atoms with E-state index in [9.17, 15) is 4.79 Å². The van der Waals surface area contributed by atoms with Crippen molar-refractivity contribution in [2.75, 3.05) is 5.32 Å². The Kier molecular flexibility index (Phi) is 2.41. The van der Waals surface area contributed by atoms with Crippen molar-refractivity contribution in [3.63, 3.8) is 0 Å². The van der Waals surface area contributed by atoms with Gasteiger partial charge in [0.05, 0.1) is 5.92 Å². The Morgan fingerprint density at radius 1 is 0.941 bits per heavy atom. The van der Waals surface area contributed by atoms with Crippen molar-refractivity contribution < 1.29 is 4.79 Å². The smallest absolute Gasteiger partial charge is 0.232 e. The van der Waals surface area contributed by atoms with Crippen LogP contribution in [0.4, 0.5) is 5.69 Å². The Morgan fingerprint density at radius 3 is 2.47 bits per heavy atom. The molecule has 0 aliphatic carbocycles. The molecule has 0 spiro atoms. The number of carbonyl (C=O) groups excluding carboxylic acids is 1. The topological polar surface area (TPSA) is 29.1 Å². The summed E-state index contributed by atoms with van der Waals surface area (Å²) in [4.78, 5) is 11.9. The molecule has 0 bridgehead atoms. The number of fused-ring (bicyclic) bond motifs is 1. The molecule has 3 rings (SSSR count). The van der Waals surface area contributed by atoms with E-state index in [-0.39, 0.29) is 11.8 Å². The molecular weight excluding hydrogens is 210 g/mol. The fourth-order valence-electron chi connectivity index (χ4n) is 2.33. The van der Waals surface area contributed by atoms with Gasteiger partial charge in [-0.05, 0) is 23.6 Å². The quantitative estimate of drug-likeness (QED) is 0.833. The predicted octanol–water partition coefficient (Wildman–Crippen LogP) is 2.97. The summed E-state index contributed by atoms with van der Waals surface area (Å²) in [7, 11) is 0. The maximum Gasteiger partial charge on any atom is 0.232 e. The maximum atomic E-state index is 11.9. The van der Waals surface area contributed by atoms with Gasteiger partial charge < -0.3 is 5.32 Å². The molecule has 17 heavy (non-hydrogen) atoms. The van der Waals surface area contributed by atoms with Crippen LogP contribution in [0.15, 0.2) is 54.6 Å². The number of hydrogen-bond acceptors (Lipinski definition) is 1. The number of carbonyl (C=O) groups is 1. The highest BCUT2D eigenvalue weighted by Gasteiger charge is 2.29. The van der Waals surface area contributed by atoms with E-state index in [1.54, 1.807) is 0 Å². The highest BCUT2D eigenvalue weighted by Crippen LogP contribution is 2.34. The van der Waals surface area contributed by atoms with Crippen molar-refractivity contribution in [3.05, 3.63) is 65.7 Å². The summed E-state index contributed by atoms with van der Waals surface area (Å²) in [6, 6.07) is 18.1. The van der Waals surface area contributed by atoms with E-state index in [4.69, 9.17) is 0 Å². The Balaban J connectivity index is 1.92. The third kappa shape index (κ3) is 1.82. The van der Waals surface area contributed by atoms with E-state index in [0.717, 1.165) is 17.7 Å². The third-order valence-corrected chi connectivity index (χ3v) is 3.19. The lowest BCUT2D eigenvalue weighted by Crippen LogP contribution is -2.14. The van der Waals surface area contributed by atoms with Gasteiger partial charge in [-0.1, -0.05) is 48.5 Å². The van der Waals surface area contributed by atoms with E-state index in [1.165, 1.54) is 5.56 Å². The summed E-state index contributed by atoms with van der Waals surface area (Å²) >= 11 is 0. The SMILES string of the molecule is O=C1Nc2ccccc2[C@@H]1Cc1ccccc1. The Hall–Kier alpha value is -2.09. The van der Waals surface area contributed by atoms with Crippen LogP contribution in [0.25, 0.3) is 0 Å². The van der Waals surface area contributed by atoms with E-state index in [0.29, 0.717) is 0 Å². The Bertz CT molecular complexity index is 548. The van der Waals surface area contributed by atoms with Crippen molar-refractivity contribution in [1.82, 2.24) is 0 Å². The van der Waals surface area contributed by atoms with Gasteiger partial charge in [-0.3, -0.25) is 4.79 Å². The second-order valence-electron chi connectivity index (χ2n) is 4.32. The van der Waals surface area contributed by atoms with Gasteiger partial charge in [0.2, 0.25) is 5.91 Å². The van der Waals surface area contributed by atoms with Crippen molar-refractivity contribution in [2.45, 2.75) is 12.3 Å². The lowest BCUT2D eigenvalue weighted by atomic mass is 9.93. The van der Waals surface area contributed by atoms with E-state index in [1.807, 2.05) is 42.5 Å². The van der Waals surface area contributed by atoms with Gasteiger partial charge in [0.1, 0.15) is 0 Å². The normalized spacial score (nSPS) is 17.6. The number of amides is 1. The zero-order valence-corrected chi connectivity index (χ0v) is 9.39. The molecule has 0 fully saturated rings. The molecule has 1 atom stereocenters. The summed E-state index contributed by atoms with van der Waals surface area (Å²) in [5.74, 6) is 0.0589. The van der Waals surface area contributed by atoms with Crippen LogP contribution < -0.4 is 5.32 Å². The molecule has 1 amide bonds. The number of hydrogen-bond donors (Lipinski definition) is 1. The number of rotatable bonds is 2. The van der Waals surface area contributed by atoms with Crippen LogP contribution in [0.1, 0.15) is 17.0 Å². The summed E-state index contributed by atoms with van der Waals surface area (Å²) in [6.45, 7) is 0. The Labute approximate surface area is 100 Å². The fourth-order valence-corrected chi connectivity index (χ4v) is 2.33. The monoisotopic (exact) mass is 223 g/mol. The van der Waals surface area contributed by atoms with Crippen molar-refractivity contribution in [2.24, 2.45) is 0 Å². The number of benzene rings is 2. The number of para-hydroxylation sites is 1. The van der Waals surface area contributed by atoms with E-state index < -0.39 is 0 Å². The third-order valence-electron chi connectivity index (χ3n) is 3.19. The maximum absolute atomic E-state index is 11.9. The molecule has 1 aliphatic heterocycles.